The summed E-state index contributed by atoms with van der Waals surface area (Å²) in [6.45, 7) is 0. The standard InChI is InChI=1S/C10H16N3O9P.2Na/c1-21-10(17)4-2-13(12-11-4)9-7(16)6(15)8(22-9)5(14)3-23(18,19)20;;/h2,5-9,14-16H,3H2,1H3,(H2,18,19,20);;/q;2*+1/p-2/t5-,6+,7-,8-,9-;;/m1../s1. The summed E-state index contributed by atoms with van der Waals surface area (Å²) in [6.07, 6.45) is -8.07. The van der Waals surface area contributed by atoms with Gasteiger partial charge in [0.15, 0.2) is 11.9 Å². The van der Waals surface area contributed by atoms with Gasteiger partial charge in [-0.1, -0.05) is 12.8 Å². The minimum Gasteiger partial charge on any atom is -0.811 e. The molecule has 1 saturated heterocycles. The molecule has 25 heavy (non-hydrogen) atoms. The maximum absolute atomic E-state index is 11.3. The zero-order valence-electron chi connectivity index (χ0n) is 13.8. The SMILES string of the molecule is COC(=O)c1cn([C@@H]2O[C@H]([C@H](O)CP(=O)([O-])[O-])[C@@H](O)[C@H]2O)nn1.[Na+].[Na+]. The van der Waals surface area contributed by atoms with Crippen LogP contribution in [0.5, 0.6) is 0 Å². The topological polar surface area (TPSA) is 190 Å². The van der Waals surface area contributed by atoms with Crippen LogP contribution in [0.4, 0.5) is 0 Å². The Morgan fingerprint density at radius 3 is 2.56 bits per heavy atom. The van der Waals surface area contributed by atoms with Gasteiger partial charge in [-0.05, 0) is 0 Å². The van der Waals surface area contributed by atoms with Gasteiger partial charge in [-0.15, -0.1) is 5.10 Å². The Labute approximate surface area is 186 Å². The number of rotatable bonds is 5. The van der Waals surface area contributed by atoms with E-state index in [9.17, 15) is 34.5 Å². The summed E-state index contributed by atoms with van der Waals surface area (Å²) >= 11 is 0. The Morgan fingerprint density at radius 1 is 1.44 bits per heavy atom. The molecule has 0 bridgehead atoms. The molecule has 1 aromatic heterocycles. The summed E-state index contributed by atoms with van der Waals surface area (Å²) in [5.41, 5.74) is -0.189. The Kier molecular flexibility index (Phi) is 10.5. The molecular weight excluding hydrogens is 383 g/mol. The van der Waals surface area contributed by atoms with Gasteiger partial charge in [-0.2, -0.15) is 0 Å². The van der Waals surface area contributed by atoms with Crippen molar-refractivity contribution in [3.63, 3.8) is 0 Å². The Hall–Kier alpha value is 0.600. The average molecular weight is 397 g/mol. The van der Waals surface area contributed by atoms with Crippen molar-refractivity contribution in [2.24, 2.45) is 0 Å². The Morgan fingerprint density at radius 2 is 2.04 bits per heavy atom. The van der Waals surface area contributed by atoms with Gasteiger partial charge in [0.05, 0.1) is 19.4 Å². The quantitative estimate of drug-likeness (QED) is 0.243. The molecule has 5 atom stereocenters. The van der Waals surface area contributed by atoms with Crippen LogP contribution in [0.15, 0.2) is 6.20 Å². The first-order valence-corrected chi connectivity index (χ1v) is 8.07. The van der Waals surface area contributed by atoms with Gasteiger partial charge in [0.2, 0.25) is 0 Å². The molecule has 1 aliphatic rings. The van der Waals surface area contributed by atoms with E-state index in [4.69, 9.17) is 4.74 Å². The Bertz CT molecular complexity index is 627. The molecule has 1 fully saturated rings. The second-order valence-corrected chi connectivity index (χ2v) is 6.50. The normalized spacial score (nSPS) is 27.1. The van der Waals surface area contributed by atoms with E-state index in [0.717, 1.165) is 18.0 Å². The number of ether oxygens (including phenoxy) is 2. The molecule has 0 spiro atoms. The van der Waals surface area contributed by atoms with Crippen molar-refractivity contribution in [2.45, 2.75) is 30.6 Å². The fourth-order valence-corrected chi connectivity index (χ4v) is 2.82. The van der Waals surface area contributed by atoms with Crippen molar-refractivity contribution in [3.05, 3.63) is 11.9 Å². The zero-order chi connectivity index (χ0) is 17.4. The van der Waals surface area contributed by atoms with Crippen molar-refractivity contribution in [3.8, 4) is 0 Å². The van der Waals surface area contributed by atoms with Gasteiger partial charge in [0.1, 0.15) is 18.3 Å². The molecule has 0 saturated carbocycles. The van der Waals surface area contributed by atoms with Crippen LogP contribution in [0.1, 0.15) is 16.7 Å². The van der Waals surface area contributed by atoms with Crippen molar-refractivity contribution in [2.75, 3.05) is 13.3 Å². The molecule has 15 heteroatoms. The molecule has 12 nitrogen and oxygen atoms in total. The van der Waals surface area contributed by atoms with Crippen LogP contribution in [-0.4, -0.2) is 74.0 Å². The van der Waals surface area contributed by atoms with Crippen LogP contribution in [0.2, 0.25) is 0 Å². The summed E-state index contributed by atoms with van der Waals surface area (Å²) in [7, 11) is -3.92. The van der Waals surface area contributed by atoms with E-state index >= 15 is 0 Å². The number of carbonyl (C=O) groups is 1. The van der Waals surface area contributed by atoms with E-state index in [1.54, 1.807) is 0 Å². The van der Waals surface area contributed by atoms with Gasteiger partial charge in [-0.3, -0.25) is 0 Å². The number of nitrogens with zero attached hydrogens (tertiary/aromatic N) is 3. The van der Waals surface area contributed by atoms with Crippen molar-refractivity contribution >= 4 is 13.6 Å². The summed E-state index contributed by atoms with van der Waals surface area (Å²) < 4.78 is 21.2. The predicted molar refractivity (Wildman–Crippen MR) is 65.8 cm³/mol. The number of carbonyl (C=O) groups excluding carboxylic acids is 1. The largest absolute Gasteiger partial charge is 1.00 e. The summed E-state index contributed by atoms with van der Waals surface area (Å²) in [5.74, 6) is -0.792. The van der Waals surface area contributed by atoms with E-state index in [-0.39, 0.29) is 64.8 Å². The van der Waals surface area contributed by atoms with E-state index in [0.29, 0.717) is 0 Å². The molecule has 2 heterocycles. The molecule has 1 aromatic rings. The van der Waals surface area contributed by atoms with E-state index in [1.807, 2.05) is 0 Å². The van der Waals surface area contributed by atoms with Crippen molar-refractivity contribution < 1.29 is 103 Å². The van der Waals surface area contributed by atoms with E-state index in [1.165, 1.54) is 0 Å². The number of esters is 1. The third kappa shape index (κ3) is 6.32. The molecule has 1 aliphatic heterocycles. The number of aromatic nitrogens is 3. The monoisotopic (exact) mass is 397 g/mol. The van der Waals surface area contributed by atoms with Crippen LogP contribution in [-0.2, 0) is 14.0 Å². The van der Waals surface area contributed by atoms with Crippen LogP contribution < -0.4 is 68.9 Å². The third-order valence-electron chi connectivity index (χ3n) is 3.23. The van der Waals surface area contributed by atoms with Crippen LogP contribution in [0, 0.1) is 0 Å². The first kappa shape index (κ1) is 25.6. The Balaban J connectivity index is 0.00000288. The molecule has 2 rings (SSSR count). The number of hydrogen-bond acceptors (Lipinski definition) is 11. The zero-order valence-corrected chi connectivity index (χ0v) is 18.6. The third-order valence-corrected chi connectivity index (χ3v) is 4.05. The maximum Gasteiger partial charge on any atom is 1.00 e. The number of hydrogen-bond donors (Lipinski definition) is 3. The van der Waals surface area contributed by atoms with Gasteiger partial charge in [-0.25, -0.2) is 9.48 Å². The van der Waals surface area contributed by atoms with Gasteiger partial charge >= 0.3 is 65.1 Å². The molecule has 0 unspecified atom stereocenters. The minimum atomic E-state index is -5.04. The van der Waals surface area contributed by atoms with Gasteiger partial charge < -0.3 is 39.1 Å². The average Bonchev–Trinajstić information content (AvgIpc) is 3.03. The van der Waals surface area contributed by atoms with Gasteiger partial charge in [0, 0.05) is 6.16 Å². The predicted octanol–water partition coefficient (Wildman–Crippen LogP) is -10.0. The van der Waals surface area contributed by atoms with Crippen LogP contribution in [0.3, 0.4) is 0 Å². The fraction of sp³-hybridized carbons (Fsp3) is 0.700. The van der Waals surface area contributed by atoms with E-state index in [2.05, 4.69) is 15.0 Å². The fourth-order valence-electron chi connectivity index (χ4n) is 2.15. The molecule has 0 radical (unpaired) electrons. The van der Waals surface area contributed by atoms with Crippen molar-refractivity contribution in [1.82, 2.24) is 15.0 Å². The van der Waals surface area contributed by atoms with Crippen LogP contribution in [0.25, 0.3) is 0 Å². The number of aliphatic hydroxyl groups excluding tert-OH is 3. The second kappa shape index (κ2) is 10.2. The molecule has 130 valence electrons. The first-order chi connectivity index (χ1) is 10.6. The smallest absolute Gasteiger partial charge is 0.811 e. The first-order valence-electron chi connectivity index (χ1n) is 6.35. The molecular formula is C10H14N3Na2O9P. The number of aliphatic hydroxyl groups is 3. The maximum atomic E-state index is 11.3. The molecule has 3 N–H and O–H groups in total. The minimum absolute atomic E-state index is 0. The molecule has 0 aliphatic carbocycles. The summed E-state index contributed by atoms with van der Waals surface area (Å²) in [4.78, 5) is 32.7. The number of methoxy groups -OCH3 is 1. The van der Waals surface area contributed by atoms with Gasteiger partial charge in [0.25, 0.3) is 0 Å². The van der Waals surface area contributed by atoms with Crippen molar-refractivity contribution in [1.29, 1.82) is 0 Å². The molecule has 0 aromatic carbocycles. The summed E-state index contributed by atoms with van der Waals surface area (Å²) in [6, 6.07) is 0. The summed E-state index contributed by atoms with van der Waals surface area (Å²) in [5, 5.41) is 36.4. The van der Waals surface area contributed by atoms with Crippen LogP contribution >= 0.6 is 7.60 Å². The van der Waals surface area contributed by atoms with E-state index < -0.39 is 50.4 Å². The molecule has 0 amide bonds. The second-order valence-electron chi connectivity index (χ2n) is 4.91.